The molecular formula is C14H12FN5O2S. The summed E-state index contributed by atoms with van der Waals surface area (Å²) < 4.78 is 13.0. The number of nitrogens with two attached hydrogens (primary N) is 1. The van der Waals surface area contributed by atoms with E-state index in [0.717, 1.165) is 11.3 Å². The number of nitriles is 1. The van der Waals surface area contributed by atoms with Gasteiger partial charge in [0.25, 0.3) is 0 Å². The molecule has 1 heterocycles. The molecule has 0 radical (unpaired) electrons. The van der Waals surface area contributed by atoms with Crippen LogP contribution in [0.1, 0.15) is 17.2 Å². The lowest BCUT2D eigenvalue weighted by atomic mass is 10.1. The normalized spacial score (nSPS) is 11.3. The van der Waals surface area contributed by atoms with Crippen LogP contribution in [0.2, 0.25) is 0 Å². The lowest BCUT2D eigenvalue weighted by molar-refractivity contribution is -0.118. The zero-order valence-corrected chi connectivity index (χ0v) is 12.6. The molecule has 3 amide bonds. The van der Waals surface area contributed by atoms with Crippen molar-refractivity contribution in [1.82, 2.24) is 10.3 Å². The zero-order valence-electron chi connectivity index (χ0n) is 11.7. The average Bonchev–Trinajstić information content (AvgIpc) is 2.94. The first-order valence-corrected chi connectivity index (χ1v) is 7.31. The molecule has 1 atom stereocenters. The lowest BCUT2D eigenvalue weighted by Crippen LogP contribution is -2.28. The van der Waals surface area contributed by atoms with E-state index in [-0.39, 0.29) is 23.2 Å². The minimum absolute atomic E-state index is 0.143. The van der Waals surface area contributed by atoms with E-state index in [4.69, 9.17) is 11.0 Å². The molecule has 4 N–H and O–H groups in total. The van der Waals surface area contributed by atoms with Crippen molar-refractivity contribution in [2.24, 2.45) is 5.73 Å². The van der Waals surface area contributed by atoms with Crippen LogP contribution in [0, 0.1) is 17.1 Å². The molecule has 0 bridgehead atoms. The van der Waals surface area contributed by atoms with Gasteiger partial charge in [-0.3, -0.25) is 10.1 Å². The van der Waals surface area contributed by atoms with Gasteiger partial charge in [-0.25, -0.2) is 14.2 Å². The Hall–Kier alpha value is -2.99. The third-order valence-corrected chi connectivity index (χ3v) is 3.57. The molecule has 0 aliphatic heterocycles. The molecule has 0 saturated carbocycles. The summed E-state index contributed by atoms with van der Waals surface area (Å²) in [5.41, 5.74) is 5.88. The second-order valence-electron chi connectivity index (χ2n) is 4.48. The molecule has 9 heteroatoms. The van der Waals surface area contributed by atoms with Gasteiger partial charge in [0, 0.05) is 11.9 Å². The summed E-state index contributed by atoms with van der Waals surface area (Å²) in [6, 6.07) is 7.05. The van der Waals surface area contributed by atoms with Gasteiger partial charge in [0.2, 0.25) is 5.91 Å². The highest BCUT2D eigenvalue weighted by molar-refractivity contribution is 7.14. The Labute approximate surface area is 134 Å². The van der Waals surface area contributed by atoms with Gasteiger partial charge in [-0.1, -0.05) is 12.1 Å². The maximum atomic E-state index is 13.0. The van der Waals surface area contributed by atoms with Gasteiger partial charge < -0.3 is 11.1 Å². The van der Waals surface area contributed by atoms with E-state index in [1.807, 2.05) is 0 Å². The van der Waals surface area contributed by atoms with E-state index in [1.54, 1.807) is 18.2 Å². The van der Waals surface area contributed by atoms with E-state index in [9.17, 15) is 14.0 Å². The van der Waals surface area contributed by atoms with Crippen LogP contribution in [0.5, 0.6) is 0 Å². The minimum atomic E-state index is -1.16. The highest BCUT2D eigenvalue weighted by Crippen LogP contribution is 2.21. The van der Waals surface area contributed by atoms with Crippen LogP contribution in [-0.4, -0.2) is 16.9 Å². The summed E-state index contributed by atoms with van der Waals surface area (Å²) in [7, 11) is 0. The monoisotopic (exact) mass is 333 g/mol. The Kier molecular flexibility index (Phi) is 5.22. The number of urea groups is 1. The van der Waals surface area contributed by atoms with Crippen molar-refractivity contribution in [2.75, 3.05) is 5.32 Å². The van der Waals surface area contributed by atoms with Gasteiger partial charge in [-0.15, -0.1) is 11.3 Å². The molecule has 1 aromatic heterocycles. The number of carbonyl (C=O) groups is 2. The largest absolute Gasteiger partial charge is 0.368 e. The molecular weight excluding hydrogens is 321 g/mol. The number of hydrogen-bond acceptors (Lipinski definition) is 5. The fourth-order valence-corrected chi connectivity index (χ4v) is 2.45. The number of aromatic nitrogens is 1. The third kappa shape index (κ3) is 4.49. The number of amides is 3. The van der Waals surface area contributed by atoms with Gasteiger partial charge in [-0.05, 0) is 17.7 Å². The quantitative estimate of drug-likeness (QED) is 0.771. The summed E-state index contributed by atoms with van der Waals surface area (Å²) >= 11 is 1.06. The van der Waals surface area contributed by atoms with Crippen LogP contribution in [0.25, 0.3) is 0 Å². The molecule has 0 fully saturated rings. The number of halogens is 1. The van der Waals surface area contributed by atoms with Crippen molar-refractivity contribution >= 4 is 28.4 Å². The number of nitrogens with zero attached hydrogens (tertiary/aromatic N) is 2. The fraction of sp³-hybridized carbons (Fsp3) is 0.143. The number of primary amides is 1. The predicted octanol–water partition coefficient (Wildman–Crippen LogP) is 1.70. The summed E-state index contributed by atoms with van der Waals surface area (Å²) in [5.74, 6) is -2.35. The number of nitrogens with one attached hydrogen (secondary N) is 2. The molecule has 118 valence electrons. The van der Waals surface area contributed by atoms with Crippen molar-refractivity contribution in [2.45, 2.75) is 12.5 Å². The van der Waals surface area contributed by atoms with Gasteiger partial charge in [0.05, 0.1) is 11.8 Å². The van der Waals surface area contributed by atoms with Crippen molar-refractivity contribution in [3.05, 3.63) is 46.7 Å². The molecule has 23 heavy (non-hydrogen) atoms. The molecule has 2 aromatic rings. The predicted molar refractivity (Wildman–Crippen MR) is 81.9 cm³/mol. The van der Waals surface area contributed by atoms with Gasteiger partial charge >= 0.3 is 6.03 Å². The molecule has 2 rings (SSSR count). The van der Waals surface area contributed by atoms with Crippen molar-refractivity contribution in [3.63, 3.8) is 0 Å². The maximum absolute atomic E-state index is 13.0. The smallest absolute Gasteiger partial charge is 0.321 e. The third-order valence-electron chi connectivity index (χ3n) is 2.79. The Bertz CT molecular complexity index is 771. The van der Waals surface area contributed by atoms with E-state index >= 15 is 0 Å². The summed E-state index contributed by atoms with van der Waals surface area (Å²) in [6.07, 6.45) is 0. The van der Waals surface area contributed by atoms with E-state index in [1.165, 1.54) is 17.5 Å². The molecule has 1 aromatic carbocycles. The van der Waals surface area contributed by atoms with E-state index in [2.05, 4.69) is 15.6 Å². The number of anilines is 1. The number of thiazole rings is 1. The molecule has 0 spiro atoms. The van der Waals surface area contributed by atoms with Crippen LogP contribution < -0.4 is 16.4 Å². The molecule has 0 aliphatic rings. The van der Waals surface area contributed by atoms with Crippen LogP contribution in [0.3, 0.4) is 0 Å². The highest BCUT2D eigenvalue weighted by Gasteiger charge is 2.20. The second-order valence-corrected chi connectivity index (χ2v) is 5.34. The maximum Gasteiger partial charge on any atom is 0.321 e. The van der Waals surface area contributed by atoms with E-state index in [0.29, 0.717) is 5.56 Å². The van der Waals surface area contributed by atoms with Gasteiger partial charge in [0.15, 0.2) is 11.0 Å². The number of benzene rings is 1. The summed E-state index contributed by atoms with van der Waals surface area (Å²) in [5, 5.41) is 15.6. The summed E-state index contributed by atoms with van der Waals surface area (Å²) in [4.78, 5) is 26.8. The first-order chi connectivity index (χ1) is 11.0. The molecule has 7 nitrogen and oxygen atoms in total. The van der Waals surface area contributed by atoms with Gasteiger partial charge in [-0.2, -0.15) is 5.26 Å². The highest BCUT2D eigenvalue weighted by atomic mass is 32.1. The van der Waals surface area contributed by atoms with Crippen LogP contribution in [0.15, 0.2) is 29.6 Å². The zero-order chi connectivity index (χ0) is 16.8. The van der Waals surface area contributed by atoms with Crippen LogP contribution >= 0.6 is 11.3 Å². The Morgan fingerprint density at radius 1 is 1.48 bits per heavy atom. The number of carbonyl (C=O) groups excluding carboxylic acids is 2. The molecule has 0 aliphatic carbocycles. The Balaban J connectivity index is 1.92. The topological polar surface area (TPSA) is 121 Å². The first-order valence-electron chi connectivity index (χ1n) is 6.43. The van der Waals surface area contributed by atoms with Crippen molar-refractivity contribution in [3.8, 4) is 6.07 Å². The standard InChI is InChI=1S/C14H12FN5O2S/c15-9-3-1-2-8(4-9)6-18-13(22)20-14-19-11(7-23-14)10(5-16)12(17)21/h1-4,7,10H,6H2,(H2,17,21)(H2,18,19,20,22). The van der Waals surface area contributed by atoms with Gasteiger partial charge in [0.1, 0.15) is 5.82 Å². The van der Waals surface area contributed by atoms with Crippen molar-refractivity contribution in [1.29, 1.82) is 5.26 Å². The first kappa shape index (κ1) is 16.4. The Morgan fingerprint density at radius 3 is 2.91 bits per heavy atom. The minimum Gasteiger partial charge on any atom is -0.368 e. The molecule has 0 saturated heterocycles. The van der Waals surface area contributed by atoms with Crippen LogP contribution in [-0.2, 0) is 11.3 Å². The SMILES string of the molecule is N#CC(C(N)=O)c1csc(NC(=O)NCc2cccc(F)c2)n1. The number of rotatable bonds is 5. The van der Waals surface area contributed by atoms with Crippen molar-refractivity contribution < 1.29 is 14.0 Å². The lowest BCUT2D eigenvalue weighted by Gasteiger charge is -2.05. The van der Waals surface area contributed by atoms with Crippen LogP contribution in [0.4, 0.5) is 14.3 Å². The van der Waals surface area contributed by atoms with E-state index < -0.39 is 17.9 Å². The molecule has 1 unspecified atom stereocenters. The second kappa shape index (κ2) is 7.33. The average molecular weight is 333 g/mol. The fourth-order valence-electron chi connectivity index (χ4n) is 1.72. The summed E-state index contributed by atoms with van der Waals surface area (Å²) in [6.45, 7) is 0.143. The number of hydrogen-bond donors (Lipinski definition) is 3. The Morgan fingerprint density at radius 2 is 2.26 bits per heavy atom.